The molecule has 0 fully saturated rings. The summed E-state index contributed by atoms with van der Waals surface area (Å²) in [6.07, 6.45) is 1.84. The molecule has 0 aliphatic heterocycles. The van der Waals surface area contributed by atoms with Crippen LogP contribution in [-0.2, 0) is 20.1 Å². The van der Waals surface area contributed by atoms with Gasteiger partial charge in [-0.1, -0.05) is 114 Å². The molecule has 187 valence electrons. The predicted molar refractivity (Wildman–Crippen MR) is 155 cm³/mol. The van der Waals surface area contributed by atoms with Crippen LogP contribution in [0.2, 0.25) is 0 Å². The minimum atomic E-state index is 0. The Balaban J connectivity index is 0.00000277. The van der Waals surface area contributed by atoms with E-state index in [4.69, 9.17) is 9.97 Å². The van der Waals surface area contributed by atoms with Crippen molar-refractivity contribution >= 4 is 21.7 Å². The molecule has 7 rings (SSSR count). The van der Waals surface area contributed by atoms with Crippen LogP contribution < -0.4 is 0 Å². The van der Waals surface area contributed by atoms with Crippen molar-refractivity contribution in [1.82, 2.24) is 15.0 Å². The van der Waals surface area contributed by atoms with Gasteiger partial charge in [0.2, 0.25) is 0 Å². The van der Waals surface area contributed by atoms with Crippen LogP contribution in [0.5, 0.6) is 0 Å². The van der Waals surface area contributed by atoms with Gasteiger partial charge in [-0.3, -0.25) is 0 Å². The summed E-state index contributed by atoms with van der Waals surface area (Å²) >= 11 is 0. The molecule has 0 spiro atoms. The summed E-state index contributed by atoms with van der Waals surface area (Å²) in [6.45, 7) is 0. The number of fused-ring (bicyclic) bond motifs is 3. The zero-order valence-electron chi connectivity index (χ0n) is 20.9. The largest absolute Gasteiger partial charge is 0.304 e. The zero-order valence-corrected chi connectivity index (χ0v) is 23.3. The summed E-state index contributed by atoms with van der Waals surface area (Å²) in [5.41, 5.74) is 8.18. The number of rotatable bonds is 4. The summed E-state index contributed by atoms with van der Waals surface area (Å²) < 4.78 is 0. The molecular weight excluding hydrogens is 655 g/mol. The van der Waals surface area contributed by atoms with Crippen LogP contribution >= 0.6 is 0 Å². The van der Waals surface area contributed by atoms with E-state index in [9.17, 15) is 0 Å². The Labute approximate surface area is 240 Å². The molecule has 0 N–H and O–H groups in total. The van der Waals surface area contributed by atoms with Crippen molar-refractivity contribution < 1.29 is 20.1 Å². The van der Waals surface area contributed by atoms with Crippen molar-refractivity contribution in [2.45, 2.75) is 0 Å². The maximum Gasteiger partial charge on any atom is 0.160 e. The number of hydrogen-bond donors (Lipinski definition) is 0. The molecule has 0 bridgehead atoms. The van der Waals surface area contributed by atoms with Crippen LogP contribution in [0.4, 0.5) is 0 Å². The van der Waals surface area contributed by atoms with Gasteiger partial charge in [0.25, 0.3) is 0 Å². The predicted octanol–water partition coefficient (Wildman–Crippen LogP) is 8.64. The molecule has 1 radical (unpaired) electrons. The third kappa shape index (κ3) is 4.77. The van der Waals surface area contributed by atoms with Crippen molar-refractivity contribution in [2.24, 2.45) is 0 Å². The molecule has 3 nitrogen and oxygen atoms in total. The Kier molecular flexibility index (Phi) is 6.81. The molecule has 0 aliphatic carbocycles. The van der Waals surface area contributed by atoms with E-state index in [0.29, 0.717) is 5.82 Å². The Bertz CT molecular complexity index is 1840. The monoisotopic (exact) mass is 677 g/mol. The van der Waals surface area contributed by atoms with Crippen LogP contribution in [0.1, 0.15) is 0 Å². The normalized spacial score (nSPS) is 10.9. The molecular formula is C35H22IrN3-. The van der Waals surface area contributed by atoms with Gasteiger partial charge in [0.1, 0.15) is 0 Å². The molecule has 39 heavy (non-hydrogen) atoms. The molecule has 0 aliphatic rings. The van der Waals surface area contributed by atoms with Crippen molar-refractivity contribution in [3.05, 3.63) is 140 Å². The average molecular weight is 677 g/mol. The van der Waals surface area contributed by atoms with Gasteiger partial charge in [-0.05, 0) is 28.6 Å². The van der Waals surface area contributed by atoms with E-state index < -0.39 is 0 Å². The van der Waals surface area contributed by atoms with Gasteiger partial charge in [0.15, 0.2) is 5.82 Å². The summed E-state index contributed by atoms with van der Waals surface area (Å²) in [6, 6.07) is 46.9. The van der Waals surface area contributed by atoms with E-state index in [1.807, 2.05) is 54.7 Å². The van der Waals surface area contributed by atoms with Crippen LogP contribution in [0.3, 0.4) is 0 Å². The van der Waals surface area contributed by atoms with Crippen LogP contribution in [0.15, 0.2) is 134 Å². The van der Waals surface area contributed by atoms with Crippen molar-refractivity contribution in [1.29, 1.82) is 0 Å². The van der Waals surface area contributed by atoms with Gasteiger partial charge < -0.3 is 4.98 Å². The second-order valence-electron chi connectivity index (χ2n) is 9.23. The van der Waals surface area contributed by atoms with Gasteiger partial charge in [-0.2, -0.15) is 0 Å². The summed E-state index contributed by atoms with van der Waals surface area (Å²) in [7, 11) is 0. The summed E-state index contributed by atoms with van der Waals surface area (Å²) in [5.74, 6) is 0.707. The third-order valence-corrected chi connectivity index (χ3v) is 6.86. The van der Waals surface area contributed by atoms with Crippen molar-refractivity contribution in [3.8, 4) is 45.0 Å². The van der Waals surface area contributed by atoms with Crippen LogP contribution in [0.25, 0.3) is 66.7 Å². The van der Waals surface area contributed by atoms with E-state index >= 15 is 0 Å². The fourth-order valence-electron chi connectivity index (χ4n) is 4.95. The average Bonchev–Trinajstić information content (AvgIpc) is 3.01. The first-order valence-corrected chi connectivity index (χ1v) is 12.6. The summed E-state index contributed by atoms with van der Waals surface area (Å²) in [5, 5.41) is 3.30. The van der Waals surface area contributed by atoms with E-state index in [1.165, 1.54) is 0 Å². The molecule has 0 amide bonds. The second kappa shape index (κ2) is 10.7. The number of aromatic nitrogens is 3. The minimum Gasteiger partial charge on any atom is -0.304 e. The first-order chi connectivity index (χ1) is 18.8. The van der Waals surface area contributed by atoms with Crippen LogP contribution in [-0.4, -0.2) is 15.0 Å². The molecule has 5 aromatic carbocycles. The zero-order chi connectivity index (χ0) is 25.3. The smallest absolute Gasteiger partial charge is 0.160 e. The quantitative estimate of drug-likeness (QED) is 0.138. The van der Waals surface area contributed by atoms with Crippen molar-refractivity contribution in [3.63, 3.8) is 0 Å². The molecule has 0 atom stereocenters. The van der Waals surface area contributed by atoms with E-state index in [-0.39, 0.29) is 20.1 Å². The van der Waals surface area contributed by atoms with E-state index in [1.54, 1.807) is 0 Å². The van der Waals surface area contributed by atoms with Crippen LogP contribution in [0, 0.1) is 6.07 Å². The Morgan fingerprint density at radius 1 is 0.538 bits per heavy atom. The van der Waals surface area contributed by atoms with Gasteiger partial charge in [-0.25, -0.2) is 9.97 Å². The van der Waals surface area contributed by atoms with Gasteiger partial charge in [-0.15, -0.1) is 23.6 Å². The number of benzene rings is 5. The Morgan fingerprint density at radius 3 is 1.85 bits per heavy atom. The van der Waals surface area contributed by atoms with Gasteiger partial charge in [0, 0.05) is 43.0 Å². The topological polar surface area (TPSA) is 38.7 Å². The molecule has 4 heteroatoms. The number of hydrogen-bond acceptors (Lipinski definition) is 3. The minimum absolute atomic E-state index is 0. The molecule has 0 unspecified atom stereocenters. The molecule has 0 saturated carbocycles. The fourth-order valence-corrected chi connectivity index (χ4v) is 4.95. The Morgan fingerprint density at radius 2 is 1.18 bits per heavy atom. The maximum absolute atomic E-state index is 4.96. The molecule has 7 aromatic rings. The molecule has 2 aromatic heterocycles. The SMILES string of the molecule is [Ir].[c-]1ccc(-c2ccc(-c3nc(-c4ccccc4)cc(-c4ccccc4)n3)cc2)c2ccc3cccnc3c12. The summed E-state index contributed by atoms with van der Waals surface area (Å²) in [4.78, 5) is 14.5. The maximum atomic E-state index is 4.96. The van der Waals surface area contributed by atoms with Gasteiger partial charge in [0.05, 0.1) is 11.4 Å². The van der Waals surface area contributed by atoms with E-state index in [0.717, 1.165) is 60.9 Å². The number of nitrogens with zero attached hydrogens (tertiary/aromatic N) is 3. The second-order valence-corrected chi connectivity index (χ2v) is 9.23. The molecule has 2 heterocycles. The number of pyridine rings is 1. The first-order valence-electron chi connectivity index (χ1n) is 12.6. The van der Waals surface area contributed by atoms with Crippen molar-refractivity contribution in [2.75, 3.05) is 0 Å². The van der Waals surface area contributed by atoms with E-state index in [2.05, 4.69) is 89.9 Å². The Hall–Kier alpha value is -4.50. The standard InChI is InChI=1S/C35H22N3.Ir/c1-3-9-25(10-4-1)32-23-33(26-11-5-2-6-12-26)38-35(37-32)28-18-16-24(17-19-28)29-14-7-15-31-30(29)21-20-27-13-8-22-36-34(27)31;/h1-14,16-23H;/q-1;. The molecule has 0 saturated heterocycles. The third-order valence-electron chi connectivity index (χ3n) is 6.86. The fraction of sp³-hybridized carbons (Fsp3) is 0. The van der Waals surface area contributed by atoms with Gasteiger partial charge >= 0.3 is 0 Å². The first kappa shape index (κ1) is 24.8.